The van der Waals surface area contributed by atoms with E-state index in [9.17, 15) is 9.90 Å². The van der Waals surface area contributed by atoms with Gasteiger partial charge in [0.05, 0.1) is 38.9 Å². The quantitative estimate of drug-likeness (QED) is 0.236. The Morgan fingerprint density at radius 3 is 2.55 bits per heavy atom. The van der Waals surface area contributed by atoms with Crippen molar-refractivity contribution in [3.63, 3.8) is 0 Å². The summed E-state index contributed by atoms with van der Waals surface area (Å²) in [7, 11) is 1.83. The first-order valence-electron chi connectivity index (χ1n) is 11.9. The summed E-state index contributed by atoms with van der Waals surface area (Å²) < 4.78 is 22.7. The number of rotatable bonds is 12. The van der Waals surface area contributed by atoms with Gasteiger partial charge in [-0.05, 0) is 50.3 Å². The minimum absolute atomic E-state index is 0.136. The molecule has 1 aliphatic rings. The summed E-state index contributed by atoms with van der Waals surface area (Å²) in [6.45, 7) is 14.0. The molecule has 2 rings (SSSR count). The largest absolute Gasteiger partial charge is 0.496 e. The van der Waals surface area contributed by atoms with Gasteiger partial charge in [0, 0.05) is 13.6 Å². The van der Waals surface area contributed by atoms with Crippen molar-refractivity contribution in [2.75, 3.05) is 20.8 Å². The van der Waals surface area contributed by atoms with Gasteiger partial charge in [0.2, 0.25) is 0 Å². The van der Waals surface area contributed by atoms with Gasteiger partial charge in [-0.2, -0.15) is 0 Å². The number of fused-ring (bicyclic) bond motifs is 1. The van der Waals surface area contributed by atoms with Crippen molar-refractivity contribution in [3.05, 3.63) is 33.9 Å². The lowest BCUT2D eigenvalue weighted by Gasteiger charge is -2.23. The lowest BCUT2D eigenvalue weighted by molar-refractivity contribution is -0.145. The minimum atomic E-state index is -1.29. The molecule has 1 aromatic carbocycles. The molecule has 2 atom stereocenters. The van der Waals surface area contributed by atoms with Gasteiger partial charge in [0.15, 0.2) is 6.29 Å². The highest BCUT2D eigenvalue weighted by atomic mass is 28.3. The maximum Gasteiger partial charge on any atom is 0.308 e. The number of carbonyl (C=O) groups excluding carboxylic acids is 1. The Labute approximate surface area is 200 Å². The van der Waals surface area contributed by atoms with Crippen LogP contribution in [0.3, 0.4) is 0 Å². The molecule has 6 nitrogen and oxygen atoms in total. The summed E-state index contributed by atoms with van der Waals surface area (Å²) >= 11 is 0. The van der Waals surface area contributed by atoms with Gasteiger partial charge in [-0.25, -0.2) is 0 Å². The Bertz CT molecular complexity index is 856. The Morgan fingerprint density at radius 2 is 1.97 bits per heavy atom. The first-order chi connectivity index (χ1) is 15.5. The summed E-state index contributed by atoms with van der Waals surface area (Å²) in [5.74, 6) is 1.16. The van der Waals surface area contributed by atoms with Crippen LogP contribution in [0, 0.1) is 12.8 Å². The Hall–Kier alpha value is -1.83. The van der Waals surface area contributed by atoms with E-state index >= 15 is 0 Å². The molecule has 7 heteroatoms. The fraction of sp³-hybridized carbons (Fsp3) is 0.654. The fourth-order valence-corrected chi connectivity index (χ4v) is 5.03. The summed E-state index contributed by atoms with van der Waals surface area (Å²) in [5, 5.41) is 10.6. The Kier molecular flexibility index (Phi) is 10.0. The van der Waals surface area contributed by atoms with Gasteiger partial charge in [0.25, 0.3) is 0 Å². The molecule has 186 valence electrons. The van der Waals surface area contributed by atoms with Crippen LogP contribution in [0.5, 0.6) is 11.5 Å². The van der Waals surface area contributed by atoms with Crippen molar-refractivity contribution in [2.45, 2.75) is 85.0 Å². The number of allylic oxidation sites excluding steroid dienone is 2. The van der Waals surface area contributed by atoms with E-state index in [4.69, 9.17) is 18.9 Å². The van der Waals surface area contributed by atoms with E-state index in [-0.39, 0.29) is 11.9 Å². The van der Waals surface area contributed by atoms with Crippen LogP contribution >= 0.6 is 0 Å². The van der Waals surface area contributed by atoms with Crippen molar-refractivity contribution in [3.8, 4) is 11.5 Å². The number of esters is 1. The van der Waals surface area contributed by atoms with E-state index < -0.39 is 14.4 Å². The number of aliphatic hydroxyl groups is 1. The molecule has 33 heavy (non-hydrogen) atoms. The Balaban J connectivity index is 2.41. The fourth-order valence-electron chi connectivity index (χ4n) is 4.31. The zero-order valence-electron chi connectivity index (χ0n) is 21.7. The van der Waals surface area contributed by atoms with Crippen molar-refractivity contribution in [1.29, 1.82) is 0 Å². The molecule has 0 radical (unpaired) electrons. The average molecular weight is 479 g/mol. The van der Waals surface area contributed by atoms with E-state index in [0.29, 0.717) is 31.8 Å². The second-order valence-electron chi connectivity index (χ2n) is 10.1. The molecule has 1 aromatic rings. The topological polar surface area (TPSA) is 74.2 Å². The monoisotopic (exact) mass is 478 g/mol. The third-order valence-electron chi connectivity index (χ3n) is 6.24. The molecule has 0 spiro atoms. The number of ether oxygens (including phenoxy) is 4. The number of hydrogen-bond acceptors (Lipinski definition) is 6. The van der Waals surface area contributed by atoms with Crippen LogP contribution in [0.15, 0.2) is 11.6 Å². The molecule has 2 unspecified atom stereocenters. The summed E-state index contributed by atoms with van der Waals surface area (Å²) in [6.07, 6.45) is 4.10. The highest BCUT2D eigenvalue weighted by molar-refractivity contribution is 6.76. The van der Waals surface area contributed by atoms with Crippen molar-refractivity contribution in [2.24, 2.45) is 5.92 Å². The molecule has 1 heterocycles. The number of aliphatic hydroxyl groups excluding tert-OH is 1. The molecule has 1 N–H and O–H groups in total. The first kappa shape index (κ1) is 27.4. The number of carbonyl (C=O) groups is 1. The number of benzene rings is 1. The normalized spacial score (nSPS) is 17.0. The van der Waals surface area contributed by atoms with Gasteiger partial charge in [-0.15, -0.1) is 0 Å². The zero-order valence-corrected chi connectivity index (χ0v) is 22.7. The second-order valence-corrected chi connectivity index (χ2v) is 15.8. The lowest BCUT2D eigenvalue weighted by atomic mass is 9.92. The third-order valence-corrected chi connectivity index (χ3v) is 7.95. The summed E-state index contributed by atoms with van der Waals surface area (Å²) in [4.78, 5) is 12.1. The maximum absolute atomic E-state index is 12.1. The van der Waals surface area contributed by atoms with Gasteiger partial charge < -0.3 is 24.1 Å². The number of methoxy groups -OCH3 is 2. The first-order valence-corrected chi connectivity index (χ1v) is 15.6. The van der Waals surface area contributed by atoms with Gasteiger partial charge in [-0.3, -0.25) is 4.79 Å². The molecule has 0 saturated carbocycles. The van der Waals surface area contributed by atoms with Crippen molar-refractivity contribution in [1.82, 2.24) is 0 Å². The maximum atomic E-state index is 12.1. The van der Waals surface area contributed by atoms with Crippen LogP contribution < -0.4 is 9.47 Å². The molecule has 1 aliphatic heterocycles. The third kappa shape index (κ3) is 7.07. The van der Waals surface area contributed by atoms with E-state index in [1.807, 2.05) is 13.8 Å². The van der Waals surface area contributed by atoms with E-state index in [1.54, 1.807) is 7.11 Å². The zero-order chi connectivity index (χ0) is 24.8. The summed E-state index contributed by atoms with van der Waals surface area (Å²) in [5.41, 5.74) is 4.67. The molecule has 0 aromatic heterocycles. The SMILES string of the molecule is CCCC(C/C(C)=C/Cc1c(OC)c(C)c2c(c1OCC[Si](C)(C)C)C(O)OC2)C(=O)OC. The van der Waals surface area contributed by atoms with Crippen LogP contribution in [0.2, 0.25) is 25.7 Å². The molecule has 0 saturated heterocycles. The van der Waals surface area contributed by atoms with E-state index in [0.717, 1.165) is 52.5 Å². The van der Waals surface area contributed by atoms with E-state index in [1.165, 1.54) is 7.11 Å². The predicted molar refractivity (Wildman–Crippen MR) is 134 cm³/mol. The second kappa shape index (κ2) is 12.0. The average Bonchev–Trinajstić information content (AvgIpc) is 3.14. The molecule has 0 amide bonds. The smallest absolute Gasteiger partial charge is 0.308 e. The standard InChI is InChI=1S/C26H42O6Si/c1-9-10-19(25(27)30-5)15-17(2)11-12-20-23(29-4)18(3)21-16-32-26(28)22(21)24(20)31-13-14-33(6,7)8/h11,19,26,28H,9-10,12-16H2,1-8H3/b17-11+. The molecule has 0 fully saturated rings. The van der Waals surface area contributed by atoms with Gasteiger partial charge in [0.1, 0.15) is 11.5 Å². The van der Waals surface area contributed by atoms with Crippen LogP contribution in [0.4, 0.5) is 0 Å². The van der Waals surface area contributed by atoms with Crippen LogP contribution in [-0.4, -0.2) is 40.0 Å². The van der Waals surface area contributed by atoms with Crippen LogP contribution in [0.1, 0.15) is 61.7 Å². The minimum Gasteiger partial charge on any atom is -0.496 e. The molecule has 0 bridgehead atoms. The highest BCUT2D eigenvalue weighted by Gasteiger charge is 2.32. The number of hydrogen-bond donors (Lipinski definition) is 1. The van der Waals surface area contributed by atoms with Gasteiger partial charge in [-0.1, -0.05) is 44.6 Å². The lowest BCUT2D eigenvalue weighted by Crippen LogP contribution is -2.23. The summed E-state index contributed by atoms with van der Waals surface area (Å²) in [6, 6.07) is 1.01. The molecule has 0 aliphatic carbocycles. The van der Waals surface area contributed by atoms with E-state index in [2.05, 4.69) is 32.6 Å². The molecular formula is C26H42O6Si. The highest BCUT2D eigenvalue weighted by Crippen LogP contribution is 2.46. The van der Waals surface area contributed by atoms with Crippen LogP contribution in [-0.2, 0) is 27.3 Å². The van der Waals surface area contributed by atoms with Crippen molar-refractivity contribution >= 4 is 14.0 Å². The van der Waals surface area contributed by atoms with Crippen LogP contribution in [0.25, 0.3) is 0 Å². The van der Waals surface area contributed by atoms with Gasteiger partial charge >= 0.3 is 5.97 Å². The predicted octanol–water partition coefficient (Wildman–Crippen LogP) is 5.71. The Morgan fingerprint density at radius 1 is 1.27 bits per heavy atom. The van der Waals surface area contributed by atoms with Crippen molar-refractivity contribution < 1.29 is 28.8 Å². The molecular weight excluding hydrogens is 436 g/mol.